The summed E-state index contributed by atoms with van der Waals surface area (Å²) in [4.78, 5) is 51.0. The second-order valence-electron chi connectivity index (χ2n) is 13.4. The van der Waals surface area contributed by atoms with E-state index in [1.807, 2.05) is 33.8 Å². The highest BCUT2D eigenvalue weighted by molar-refractivity contribution is 5.91. The molecule has 0 aliphatic rings. The highest BCUT2D eigenvalue weighted by atomic mass is 19.1. The fourth-order valence-electron chi connectivity index (χ4n) is 4.98. The minimum absolute atomic E-state index is 0.0335. The van der Waals surface area contributed by atoms with Gasteiger partial charge in [0.1, 0.15) is 17.7 Å². The first-order valence-electron chi connectivity index (χ1n) is 16.5. The SMILES string of the molecule is COc1c(OC(C)C)cc(CNC(=O)[C@H](Cc2ccccc2)NC(=O)[C@@H](Cc2ccc(F)c([N+](=O)[O-])c2)NC(=O)OC(C)(C)C)cc1OC(C)C. The van der Waals surface area contributed by atoms with Crippen molar-refractivity contribution in [3.05, 3.63) is 93.3 Å². The molecule has 0 aliphatic heterocycles. The molecular weight excluding hydrogens is 663 g/mol. The predicted octanol–water partition coefficient (Wildman–Crippen LogP) is 5.80. The fourth-order valence-corrected chi connectivity index (χ4v) is 4.98. The lowest BCUT2D eigenvalue weighted by Gasteiger charge is -2.25. The minimum Gasteiger partial charge on any atom is -0.490 e. The first kappa shape index (κ1) is 40.0. The summed E-state index contributed by atoms with van der Waals surface area (Å²) in [6, 6.07) is 13.2. The van der Waals surface area contributed by atoms with E-state index in [0.717, 1.165) is 17.7 Å². The summed E-state index contributed by atoms with van der Waals surface area (Å²) in [6.07, 6.45) is -1.46. The monoisotopic (exact) mass is 710 g/mol. The van der Waals surface area contributed by atoms with Crippen molar-refractivity contribution in [3.8, 4) is 17.2 Å². The van der Waals surface area contributed by atoms with Crippen LogP contribution in [0.15, 0.2) is 60.7 Å². The van der Waals surface area contributed by atoms with Gasteiger partial charge >= 0.3 is 11.8 Å². The number of carbonyl (C=O) groups excluding carboxylic acids is 3. The molecule has 0 fully saturated rings. The summed E-state index contributed by atoms with van der Waals surface area (Å²) < 4.78 is 37.0. The molecule has 0 unspecified atom stereocenters. The highest BCUT2D eigenvalue weighted by Gasteiger charge is 2.30. The molecule has 0 spiro atoms. The summed E-state index contributed by atoms with van der Waals surface area (Å²) in [6.45, 7) is 12.4. The third kappa shape index (κ3) is 12.8. The normalized spacial score (nSPS) is 12.5. The molecule has 3 N–H and O–H groups in total. The van der Waals surface area contributed by atoms with E-state index >= 15 is 0 Å². The summed E-state index contributed by atoms with van der Waals surface area (Å²) >= 11 is 0. The number of halogens is 1. The summed E-state index contributed by atoms with van der Waals surface area (Å²) in [7, 11) is 1.51. The molecule has 0 heterocycles. The van der Waals surface area contributed by atoms with Gasteiger partial charge < -0.3 is 34.9 Å². The topological polar surface area (TPSA) is 167 Å². The molecule has 0 radical (unpaired) electrons. The Morgan fingerprint density at radius 3 is 1.90 bits per heavy atom. The number of rotatable bonds is 16. The number of methoxy groups -OCH3 is 1. The van der Waals surface area contributed by atoms with E-state index in [4.69, 9.17) is 18.9 Å². The van der Waals surface area contributed by atoms with Crippen molar-refractivity contribution in [1.29, 1.82) is 0 Å². The van der Waals surface area contributed by atoms with Gasteiger partial charge in [-0.15, -0.1) is 0 Å². The van der Waals surface area contributed by atoms with Crippen molar-refractivity contribution in [3.63, 3.8) is 0 Å². The quantitative estimate of drug-likeness (QED) is 0.123. The van der Waals surface area contributed by atoms with E-state index in [9.17, 15) is 28.9 Å². The van der Waals surface area contributed by atoms with E-state index in [1.54, 1.807) is 57.2 Å². The van der Waals surface area contributed by atoms with E-state index in [2.05, 4.69) is 16.0 Å². The lowest BCUT2D eigenvalue weighted by Crippen LogP contribution is -2.55. The van der Waals surface area contributed by atoms with Crippen LogP contribution in [-0.2, 0) is 33.7 Å². The number of benzene rings is 3. The molecule has 276 valence electrons. The van der Waals surface area contributed by atoms with Crippen LogP contribution in [0.4, 0.5) is 14.9 Å². The summed E-state index contributed by atoms with van der Waals surface area (Å²) in [5.74, 6) is -1.08. The van der Waals surface area contributed by atoms with Gasteiger partial charge in [-0.1, -0.05) is 36.4 Å². The van der Waals surface area contributed by atoms with Crippen molar-refractivity contribution in [2.45, 2.75) is 97.7 Å². The van der Waals surface area contributed by atoms with Crippen LogP contribution in [0.1, 0.15) is 65.2 Å². The molecule has 14 heteroatoms. The van der Waals surface area contributed by atoms with Gasteiger partial charge in [0.15, 0.2) is 11.5 Å². The summed E-state index contributed by atoms with van der Waals surface area (Å²) in [5, 5.41) is 19.5. The largest absolute Gasteiger partial charge is 0.490 e. The van der Waals surface area contributed by atoms with Gasteiger partial charge in [-0.2, -0.15) is 4.39 Å². The maximum absolute atomic E-state index is 14.1. The van der Waals surface area contributed by atoms with Crippen LogP contribution in [-0.4, -0.2) is 59.8 Å². The number of nitro groups is 1. The molecule has 0 aliphatic carbocycles. The van der Waals surface area contributed by atoms with E-state index in [0.29, 0.717) is 22.8 Å². The average molecular weight is 711 g/mol. The third-order valence-electron chi connectivity index (χ3n) is 7.05. The van der Waals surface area contributed by atoms with Gasteiger partial charge in [-0.3, -0.25) is 19.7 Å². The number of alkyl carbamates (subject to hydrolysis) is 1. The van der Waals surface area contributed by atoms with Crippen molar-refractivity contribution in [2.24, 2.45) is 0 Å². The Hall–Kier alpha value is -5.40. The maximum Gasteiger partial charge on any atom is 0.408 e. The lowest BCUT2D eigenvalue weighted by molar-refractivity contribution is -0.387. The van der Waals surface area contributed by atoms with Crippen LogP contribution in [0.25, 0.3) is 0 Å². The first-order valence-corrected chi connectivity index (χ1v) is 16.5. The summed E-state index contributed by atoms with van der Waals surface area (Å²) in [5.41, 5.74) is -0.109. The average Bonchev–Trinajstić information content (AvgIpc) is 3.02. The number of hydrogen-bond donors (Lipinski definition) is 3. The van der Waals surface area contributed by atoms with Crippen LogP contribution in [0, 0.1) is 15.9 Å². The molecule has 51 heavy (non-hydrogen) atoms. The zero-order valence-electron chi connectivity index (χ0n) is 30.2. The van der Waals surface area contributed by atoms with Crippen molar-refractivity contribution in [1.82, 2.24) is 16.0 Å². The molecule has 0 saturated heterocycles. The minimum atomic E-state index is -1.36. The van der Waals surface area contributed by atoms with Gasteiger partial charge in [0, 0.05) is 25.5 Å². The van der Waals surface area contributed by atoms with Crippen molar-refractivity contribution in [2.75, 3.05) is 7.11 Å². The van der Waals surface area contributed by atoms with Gasteiger partial charge in [-0.25, -0.2) is 4.79 Å². The van der Waals surface area contributed by atoms with Crippen LogP contribution in [0.5, 0.6) is 17.2 Å². The molecule has 0 bridgehead atoms. The predicted molar refractivity (Wildman–Crippen MR) is 188 cm³/mol. The van der Waals surface area contributed by atoms with Crippen LogP contribution in [0.3, 0.4) is 0 Å². The molecule has 3 aromatic rings. The van der Waals surface area contributed by atoms with Crippen LogP contribution >= 0.6 is 0 Å². The second-order valence-corrected chi connectivity index (χ2v) is 13.4. The lowest BCUT2D eigenvalue weighted by atomic mass is 10.0. The highest BCUT2D eigenvalue weighted by Crippen LogP contribution is 2.39. The molecule has 0 saturated carbocycles. The number of hydrogen-bond acceptors (Lipinski definition) is 9. The standard InChI is InChI=1S/C37H47FN4O9/c1-22(2)49-31-19-26(20-32(33(31)48-8)50-23(3)4)21-39-34(43)28(16-24-12-10-9-11-13-24)40-35(44)29(41-36(45)51-37(5,6)7)17-25-14-15-27(38)30(18-25)42(46)47/h9-15,18-20,22-23,28-29H,16-17,21H2,1-8H3,(H,39,43)(H,40,44)(H,41,45)/t28-,29+/m0/s1. The number of ether oxygens (including phenoxy) is 4. The fraction of sp³-hybridized carbons (Fsp3) is 0.432. The first-order chi connectivity index (χ1) is 23.9. The Kier molecular flexibility index (Phi) is 14.1. The number of nitrogens with zero attached hydrogens (tertiary/aromatic N) is 1. The zero-order valence-corrected chi connectivity index (χ0v) is 30.2. The van der Waals surface area contributed by atoms with E-state index in [-0.39, 0.29) is 37.2 Å². The molecule has 3 aromatic carbocycles. The Labute approximate surface area is 297 Å². The number of carbonyl (C=O) groups is 3. The molecule has 13 nitrogen and oxygen atoms in total. The Morgan fingerprint density at radius 1 is 0.804 bits per heavy atom. The van der Waals surface area contributed by atoms with Crippen LogP contribution in [0.2, 0.25) is 0 Å². The van der Waals surface area contributed by atoms with E-state index < -0.39 is 52.0 Å². The third-order valence-corrected chi connectivity index (χ3v) is 7.05. The zero-order chi connectivity index (χ0) is 37.9. The van der Waals surface area contributed by atoms with Gasteiger partial charge in [0.25, 0.3) is 0 Å². The maximum atomic E-state index is 14.1. The number of nitrogens with one attached hydrogen (secondary N) is 3. The second kappa shape index (κ2) is 18.0. The van der Waals surface area contributed by atoms with Crippen LogP contribution < -0.4 is 30.2 Å². The molecule has 2 atom stereocenters. The molecule has 3 rings (SSSR count). The van der Waals surface area contributed by atoms with Crippen molar-refractivity contribution < 1.29 is 42.6 Å². The van der Waals surface area contributed by atoms with E-state index in [1.165, 1.54) is 13.2 Å². The van der Waals surface area contributed by atoms with Crippen molar-refractivity contribution >= 4 is 23.6 Å². The smallest absolute Gasteiger partial charge is 0.408 e. The van der Waals surface area contributed by atoms with Gasteiger partial charge in [0.2, 0.25) is 23.4 Å². The molecule has 0 aromatic heterocycles. The van der Waals surface area contributed by atoms with Gasteiger partial charge in [-0.05, 0) is 83.4 Å². The number of amides is 3. The molecule has 3 amide bonds. The van der Waals surface area contributed by atoms with Gasteiger partial charge in [0.05, 0.1) is 24.2 Å². The Balaban J connectivity index is 1.92. The Bertz CT molecular complexity index is 1650. The number of nitro benzene ring substituents is 1. The molecular formula is C37H47FN4O9. The Morgan fingerprint density at radius 2 is 1.37 bits per heavy atom.